The number of aliphatic carboxylic acids is 1. The molecular formula is C10H18N2O4S. The molecule has 0 aromatic rings. The van der Waals surface area contributed by atoms with E-state index in [9.17, 15) is 14.4 Å². The van der Waals surface area contributed by atoms with Crippen LogP contribution >= 0.6 is 12.6 Å². The molecule has 0 radical (unpaired) electrons. The Morgan fingerprint density at radius 3 is 2.06 bits per heavy atom. The molecule has 7 heteroatoms. The summed E-state index contributed by atoms with van der Waals surface area (Å²) in [5, 5.41) is 13.7. The molecule has 0 bridgehead atoms. The molecule has 6 nitrogen and oxygen atoms in total. The summed E-state index contributed by atoms with van der Waals surface area (Å²) >= 11 is 3.93. The van der Waals surface area contributed by atoms with Crippen molar-refractivity contribution in [3.63, 3.8) is 0 Å². The molecule has 0 aromatic carbocycles. The number of thiol groups is 1. The van der Waals surface area contributed by atoms with Crippen molar-refractivity contribution < 1.29 is 19.5 Å². The van der Waals surface area contributed by atoms with E-state index in [1.807, 2.05) is 0 Å². The fourth-order valence-electron chi connectivity index (χ4n) is 1.21. The van der Waals surface area contributed by atoms with Gasteiger partial charge in [-0.3, -0.25) is 9.59 Å². The molecule has 0 aliphatic carbocycles. The van der Waals surface area contributed by atoms with E-state index in [0.29, 0.717) is 0 Å². The summed E-state index contributed by atoms with van der Waals surface area (Å²) in [4.78, 5) is 33.4. The van der Waals surface area contributed by atoms with Crippen LogP contribution in [0.4, 0.5) is 0 Å². The molecule has 0 aromatic heterocycles. The maximum Gasteiger partial charge on any atom is 0.326 e. The zero-order valence-electron chi connectivity index (χ0n) is 10.1. The number of carboxylic acids is 1. The Kier molecular flexibility index (Phi) is 6.64. The first kappa shape index (κ1) is 15.8. The van der Waals surface area contributed by atoms with Gasteiger partial charge in [0.25, 0.3) is 0 Å². The molecule has 0 unspecified atom stereocenters. The topological polar surface area (TPSA) is 95.5 Å². The molecule has 0 spiro atoms. The zero-order chi connectivity index (χ0) is 13.6. The summed E-state index contributed by atoms with van der Waals surface area (Å²) in [5.41, 5.74) is 0. The number of hydrogen-bond acceptors (Lipinski definition) is 4. The maximum absolute atomic E-state index is 11.7. The van der Waals surface area contributed by atoms with Gasteiger partial charge in [0.2, 0.25) is 11.8 Å². The Hall–Kier alpha value is -1.24. The molecule has 0 fully saturated rings. The third-order valence-electron chi connectivity index (χ3n) is 2.11. The number of rotatable bonds is 6. The largest absolute Gasteiger partial charge is 0.480 e. The molecule has 17 heavy (non-hydrogen) atoms. The molecular weight excluding hydrogens is 244 g/mol. The van der Waals surface area contributed by atoms with Crippen LogP contribution in [-0.2, 0) is 14.4 Å². The van der Waals surface area contributed by atoms with Gasteiger partial charge in [0.05, 0.1) is 0 Å². The Bertz CT molecular complexity index is 307. The van der Waals surface area contributed by atoms with Crippen LogP contribution in [0.5, 0.6) is 0 Å². The Morgan fingerprint density at radius 2 is 1.76 bits per heavy atom. The van der Waals surface area contributed by atoms with Crippen LogP contribution in [0.3, 0.4) is 0 Å². The minimum absolute atomic E-state index is 0.107. The number of carbonyl (C=O) groups is 3. The number of hydrogen-bond donors (Lipinski definition) is 4. The molecule has 98 valence electrons. The summed E-state index contributed by atoms with van der Waals surface area (Å²) in [6, 6.07) is -1.80. The Labute approximate surface area is 106 Å². The van der Waals surface area contributed by atoms with E-state index in [0.717, 1.165) is 0 Å². The molecule has 0 heterocycles. The lowest BCUT2D eigenvalue weighted by Gasteiger charge is -2.21. The summed E-state index contributed by atoms with van der Waals surface area (Å²) < 4.78 is 0. The standard InChI is InChI=1S/C10H18N2O4S/c1-5(2)8(10(15)16)12-9(14)7(4-17)11-6(3)13/h5,7-8,17H,4H2,1-3H3,(H,11,13)(H,12,14)(H,15,16)/t7-,8+/m0/s1. The average molecular weight is 262 g/mol. The van der Waals surface area contributed by atoms with Crippen LogP contribution in [0.15, 0.2) is 0 Å². The maximum atomic E-state index is 11.7. The van der Waals surface area contributed by atoms with Crippen LogP contribution in [0.25, 0.3) is 0 Å². The molecule has 2 amide bonds. The highest BCUT2D eigenvalue weighted by molar-refractivity contribution is 7.80. The highest BCUT2D eigenvalue weighted by atomic mass is 32.1. The molecule has 0 saturated heterocycles. The zero-order valence-corrected chi connectivity index (χ0v) is 11.0. The highest BCUT2D eigenvalue weighted by Gasteiger charge is 2.27. The molecule has 2 atom stereocenters. The van der Waals surface area contributed by atoms with E-state index in [1.54, 1.807) is 13.8 Å². The number of carboxylic acid groups (broad SMARTS) is 1. The van der Waals surface area contributed by atoms with Gasteiger partial charge in [-0.05, 0) is 5.92 Å². The molecule has 0 aliphatic heterocycles. The van der Waals surface area contributed by atoms with Crippen LogP contribution in [-0.4, -0.2) is 40.7 Å². The highest BCUT2D eigenvalue weighted by Crippen LogP contribution is 2.02. The van der Waals surface area contributed by atoms with Crippen LogP contribution in [0.1, 0.15) is 20.8 Å². The smallest absolute Gasteiger partial charge is 0.326 e. The lowest BCUT2D eigenvalue weighted by atomic mass is 10.0. The second-order valence-electron chi connectivity index (χ2n) is 4.00. The average Bonchev–Trinajstić information content (AvgIpc) is 2.20. The van der Waals surface area contributed by atoms with Crippen molar-refractivity contribution >= 4 is 30.4 Å². The van der Waals surface area contributed by atoms with Gasteiger partial charge in [-0.2, -0.15) is 12.6 Å². The first-order valence-corrected chi connectivity index (χ1v) is 5.84. The van der Waals surface area contributed by atoms with Gasteiger partial charge in [0, 0.05) is 12.7 Å². The number of amides is 2. The van der Waals surface area contributed by atoms with Gasteiger partial charge < -0.3 is 15.7 Å². The lowest BCUT2D eigenvalue weighted by Crippen LogP contribution is -2.53. The normalized spacial score (nSPS) is 13.9. The van der Waals surface area contributed by atoms with Gasteiger partial charge in [-0.25, -0.2) is 4.79 Å². The van der Waals surface area contributed by atoms with Gasteiger partial charge in [-0.15, -0.1) is 0 Å². The van der Waals surface area contributed by atoms with Crippen molar-refractivity contribution in [2.45, 2.75) is 32.9 Å². The second kappa shape index (κ2) is 7.16. The van der Waals surface area contributed by atoms with E-state index in [4.69, 9.17) is 5.11 Å². The Morgan fingerprint density at radius 1 is 1.24 bits per heavy atom. The minimum Gasteiger partial charge on any atom is -0.480 e. The van der Waals surface area contributed by atoms with Crippen molar-refractivity contribution in [3.8, 4) is 0 Å². The summed E-state index contributed by atoms with van der Waals surface area (Å²) in [6.07, 6.45) is 0. The van der Waals surface area contributed by atoms with Crippen molar-refractivity contribution in [2.24, 2.45) is 5.92 Å². The van der Waals surface area contributed by atoms with Crippen LogP contribution < -0.4 is 10.6 Å². The summed E-state index contributed by atoms with van der Waals surface area (Å²) in [7, 11) is 0. The van der Waals surface area contributed by atoms with E-state index >= 15 is 0 Å². The third-order valence-corrected chi connectivity index (χ3v) is 2.47. The van der Waals surface area contributed by atoms with E-state index in [2.05, 4.69) is 23.3 Å². The fraction of sp³-hybridized carbons (Fsp3) is 0.700. The molecule has 0 saturated carbocycles. The summed E-state index contributed by atoms with van der Waals surface area (Å²) in [6.45, 7) is 4.65. The summed E-state index contributed by atoms with van der Waals surface area (Å²) in [5.74, 6) is -2.15. The Balaban J connectivity index is 4.57. The third kappa shape index (κ3) is 5.58. The monoisotopic (exact) mass is 262 g/mol. The van der Waals surface area contributed by atoms with Gasteiger partial charge in [0.1, 0.15) is 12.1 Å². The minimum atomic E-state index is -1.10. The lowest BCUT2D eigenvalue weighted by molar-refractivity contribution is -0.143. The number of nitrogens with one attached hydrogen (secondary N) is 2. The number of carbonyl (C=O) groups excluding carboxylic acids is 2. The quantitative estimate of drug-likeness (QED) is 0.492. The first-order valence-electron chi connectivity index (χ1n) is 5.20. The van der Waals surface area contributed by atoms with Gasteiger partial charge in [-0.1, -0.05) is 13.8 Å². The van der Waals surface area contributed by atoms with Crippen LogP contribution in [0.2, 0.25) is 0 Å². The van der Waals surface area contributed by atoms with Crippen molar-refractivity contribution in [1.29, 1.82) is 0 Å². The predicted octanol–water partition coefficient (Wildman–Crippen LogP) is -0.354. The molecule has 3 N–H and O–H groups in total. The first-order chi connectivity index (χ1) is 7.79. The molecule has 0 aliphatic rings. The second-order valence-corrected chi connectivity index (χ2v) is 4.37. The van der Waals surface area contributed by atoms with Gasteiger partial charge in [0.15, 0.2) is 0 Å². The van der Waals surface area contributed by atoms with Crippen molar-refractivity contribution in [2.75, 3.05) is 5.75 Å². The predicted molar refractivity (Wildman–Crippen MR) is 65.9 cm³/mol. The van der Waals surface area contributed by atoms with E-state index in [-0.39, 0.29) is 17.6 Å². The van der Waals surface area contributed by atoms with Crippen molar-refractivity contribution in [1.82, 2.24) is 10.6 Å². The SMILES string of the molecule is CC(=O)N[C@@H](CS)C(=O)N[C@@H](C(=O)O)C(C)C. The molecule has 0 rings (SSSR count). The van der Waals surface area contributed by atoms with E-state index in [1.165, 1.54) is 6.92 Å². The van der Waals surface area contributed by atoms with E-state index < -0.39 is 24.0 Å². The van der Waals surface area contributed by atoms with Gasteiger partial charge >= 0.3 is 5.97 Å². The van der Waals surface area contributed by atoms with Crippen LogP contribution in [0, 0.1) is 5.92 Å². The van der Waals surface area contributed by atoms with Crippen molar-refractivity contribution in [3.05, 3.63) is 0 Å². The fourth-order valence-corrected chi connectivity index (χ4v) is 1.46.